The van der Waals surface area contributed by atoms with Gasteiger partial charge in [0.25, 0.3) is 0 Å². The summed E-state index contributed by atoms with van der Waals surface area (Å²) < 4.78 is 5.34. The molecule has 0 radical (unpaired) electrons. The standard InChI is InChI=1S/C26H23NO5/c28-21(17-9-5-2-6-10-17)15-32-26(31)20(13-16-7-3-1-4-8-16)27-24(29)22-18-11-12-19(14-18)23(22)25(27)30/h1-12,18-20,22-23H,13-15H2/t18-,19+,20-,22-,23-/m0/s1. The Morgan fingerprint density at radius 1 is 0.875 bits per heavy atom. The predicted molar refractivity (Wildman–Crippen MR) is 115 cm³/mol. The fourth-order valence-corrected chi connectivity index (χ4v) is 5.29. The monoisotopic (exact) mass is 429 g/mol. The van der Waals surface area contributed by atoms with Gasteiger partial charge in [-0.25, -0.2) is 4.79 Å². The van der Waals surface area contributed by atoms with Crippen molar-refractivity contribution >= 4 is 23.6 Å². The van der Waals surface area contributed by atoms with Gasteiger partial charge in [-0.2, -0.15) is 0 Å². The third kappa shape index (κ3) is 3.45. The number of hydrogen-bond donors (Lipinski definition) is 0. The summed E-state index contributed by atoms with van der Waals surface area (Å²) in [4.78, 5) is 53.2. The maximum atomic E-state index is 13.3. The van der Waals surface area contributed by atoms with E-state index in [4.69, 9.17) is 4.74 Å². The normalized spacial score (nSPS) is 26.3. The van der Waals surface area contributed by atoms with Gasteiger partial charge in [0.2, 0.25) is 11.8 Å². The molecule has 2 aromatic carbocycles. The number of nitrogens with zero attached hydrogens (tertiary/aromatic N) is 1. The number of rotatable bonds is 7. The van der Waals surface area contributed by atoms with Crippen LogP contribution in [0.25, 0.3) is 0 Å². The van der Waals surface area contributed by atoms with Crippen molar-refractivity contribution in [3.05, 3.63) is 83.9 Å². The number of benzene rings is 2. The Labute approximate surface area is 185 Å². The molecule has 1 heterocycles. The first-order valence-corrected chi connectivity index (χ1v) is 10.9. The third-order valence-corrected chi connectivity index (χ3v) is 6.80. The highest BCUT2D eigenvalue weighted by Gasteiger charge is 2.61. The van der Waals surface area contributed by atoms with E-state index < -0.39 is 30.5 Å². The van der Waals surface area contributed by atoms with Crippen LogP contribution in [0.3, 0.4) is 0 Å². The van der Waals surface area contributed by atoms with Gasteiger partial charge in [-0.1, -0.05) is 72.8 Å². The fraction of sp³-hybridized carbons (Fsp3) is 0.308. The Balaban J connectivity index is 1.37. The minimum absolute atomic E-state index is 0.0551. The molecule has 2 amide bonds. The summed E-state index contributed by atoms with van der Waals surface area (Å²) in [5, 5.41) is 0. The Morgan fingerprint density at radius 3 is 2.03 bits per heavy atom. The van der Waals surface area contributed by atoms with Crippen LogP contribution < -0.4 is 0 Å². The molecule has 2 bridgehead atoms. The number of esters is 1. The van der Waals surface area contributed by atoms with Crippen LogP contribution in [0.5, 0.6) is 0 Å². The second-order valence-electron chi connectivity index (χ2n) is 8.65. The van der Waals surface area contributed by atoms with Gasteiger partial charge in [-0.15, -0.1) is 0 Å². The number of likely N-dealkylation sites (tertiary alicyclic amines) is 1. The molecule has 2 aromatic rings. The van der Waals surface area contributed by atoms with Crippen LogP contribution in [0.4, 0.5) is 0 Å². The molecule has 2 aliphatic carbocycles. The van der Waals surface area contributed by atoms with E-state index in [1.54, 1.807) is 30.3 Å². The SMILES string of the molecule is O=C(COC(=O)[C@H](Cc1ccccc1)N1C(=O)[C@@H]2[C@@H](C1=O)[C@H]1C=C[C@@H]2C1)c1ccccc1. The van der Waals surface area contributed by atoms with Gasteiger partial charge < -0.3 is 4.74 Å². The molecule has 5 atom stereocenters. The Morgan fingerprint density at radius 2 is 1.44 bits per heavy atom. The molecule has 5 rings (SSSR count). The smallest absolute Gasteiger partial charge is 0.330 e. The lowest BCUT2D eigenvalue weighted by Gasteiger charge is -2.26. The van der Waals surface area contributed by atoms with E-state index in [2.05, 4.69) is 0 Å². The highest BCUT2D eigenvalue weighted by atomic mass is 16.5. The summed E-state index contributed by atoms with van der Waals surface area (Å²) in [7, 11) is 0. The van der Waals surface area contributed by atoms with Crippen LogP contribution in [0.1, 0.15) is 22.3 Å². The molecule has 2 fully saturated rings. The number of carbonyl (C=O) groups is 4. The first kappa shape index (κ1) is 20.4. The van der Waals surface area contributed by atoms with Gasteiger partial charge in [-0.3, -0.25) is 19.3 Å². The summed E-state index contributed by atoms with van der Waals surface area (Å²) in [6, 6.07) is 16.7. The minimum atomic E-state index is -1.09. The summed E-state index contributed by atoms with van der Waals surface area (Å²) in [6.45, 7) is -0.440. The molecule has 6 heteroatoms. The molecule has 0 spiro atoms. The van der Waals surface area contributed by atoms with E-state index in [1.807, 2.05) is 42.5 Å². The topological polar surface area (TPSA) is 80.8 Å². The van der Waals surface area contributed by atoms with Crippen molar-refractivity contribution < 1.29 is 23.9 Å². The number of ketones is 1. The molecule has 162 valence electrons. The van der Waals surface area contributed by atoms with Crippen molar-refractivity contribution in [2.45, 2.75) is 18.9 Å². The van der Waals surface area contributed by atoms with E-state index in [1.165, 1.54) is 0 Å². The minimum Gasteiger partial charge on any atom is -0.456 e. The van der Waals surface area contributed by atoms with Gasteiger partial charge in [0.05, 0.1) is 11.8 Å². The summed E-state index contributed by atoms with van der Waals surface area (Å²) >= 11 is 0. The Kier molecular flexibility index (Phi) is 5.21. The van der Waals surface area contributed by atoms with Gasteiger partial charge in [0.1, 0.15) is 6.04 Å². The lowest BCUT2D eigenvalue weighted by molar-refractivity contribution is -0.158. The highest BCUT2D eigenvalue weighted by molar-refractivity contribution is 6.09. The lowest BCUT2D eigenvalue weighted by Crippen LogP contribution is -2.48. The summed E-state index contributed by atoms with van der Waals surface area (Å²) in [5.41, 5.74) is 1.24. The molecular formula is C26H23NO5. The highest BCUT2D eigenvalue weighted by Crippen LogP contribution is 2.53. The van der Waals surface area contributed by atoms with Crippen molar-refractivity contribution in [1.82, 2.24) is 4.90 Å². The molecule has 0 N–H and O–H groups in total. The van der Waals surface area contributed by atoms with E-state index >= 15 is 0 Å². The molecule has 6 nitrogen and oxygen atoms in total. The first-order chi connectivity index (χ1) is 15.5. The molecule has 1 saturated heterocycles. The van der Waals surface area contributed by atoms with E-state index in [9.17, 15) is 19.2 Å². The maximum absolute atomic E-state index is 13.3. The van der Waals surface area contributed by atoms with Crippen molar-refractivity contribution in [3.8, 4) is 0 Å². The quantitative estimate of drug-likeness (QED) is 0.293. The maximum Gasteiger partial charge on any atom is 0.330 e. The number of fused-ring (bicyclic) bond motifs is 5. The van der Waals surface area contributed by atoms with Crippen LogP contribution >= 0.6 is 0 Å². The van der Waals surface area contributed by atoms with Crippen LogP contribution in [0, 0.1) is 23.7 Å². The molecule has 3 aliphatic rings. The van der Waals surface area contributed by atoms with Gasteiger partial charge >= 0.3 is 5.97 Å². The number of ether oxygens (including phenoxy) is 1. The van der Waals surface area contributed by atoms with E-state index in [0.717, 1.165) is 16.9 Å². The zero-order valence-corrected chi connectivity index (χ0v) is 17.4. The number of carbonyl (C=O) groups excluding carboxylic acids is 4. The van der Waals surface area contributed by atoms with Gasteiger partial charge in [-0.05, 0) is 23.8 Å². The average molecular weight is 429 g/mol. The van der Waals surface area contributed by atoms with E-state index in [0.29, 0.717) is 5.56 Å². The van der Waals surface area contributed by atoms with Crippen LogP contribution in [0.15, 0.2) is 72.8 Å². The largest absolute Gasteiger partial charge is 0.456 e. The lowest BCUT2D eigenvalue weighted by atomic mass is 9.85. The molecule has 1 aliphatic heterocycles. The number of allylic oxidation sites excluding steroid dienone is 2. The zero-order valence-electron chi connectivity index (χ0n) is 17.4. The van der Waals surface area contributed by atoms with Crippen molar-refractivity contribution in [3.63, 3.8) is 0 Å². The second kappa shape index (κ2) is 8.19. The molecular weight excluding hydrogens is 406 g/mol. The van der Waals surface area contributed by atoms with Crippen LogP contribution in [-0.4, -0.2) is 41.1 Å². The molecule has 1 saturated carbocycles. The van der Waals surface area contributed by atoms with Crippen molar-refractivity contribution in [2.24, 2.45) is 23.7 Å². The second-order valence-corrected chi connectivity index (χ2v) is 8.65. The average Bonchev–Trinajstić information content (AvgIpc) is 3.51. The van der Waals surface area contributed by atoms with E-state index in [-0.39, 0.29) is 35.9 Å². The number of amides is 2. The summed E-state index contributed by atoms with van der Waals surface area (Å²) in [5.74, 6) is -2.35. The fourth-order valence-electron chi connectivity index (χ4n) is 5.29. The summed E-state index contributed by atoms with van der Waals surface area (Å²) in [6.07, 6.45) is 5.01. The van der Waals surface area contributed by atoms with Crippen molar-refractivity contribution in [1.29, 1.82) is 0 Å². The Bertz CT molecular complexity index is 1060. The molecule has 0 unspecified atom stereocenters. The number of hydrogen-bond acceptors (Lipinski definition) is 5. The van der Waals surface area contributed by atoms with Gasteiger partial charge in [0, 0.05) is 12.0 Å². The number of imide groups is 1. The van der Waals surface area contributed by atoms with Crippen LogP contribution in [-0.2, 0) is 25.5 Å². The van der Waals surface area contributed by atoms with Gasteiger partial charge in [0.15, 0.2) is 12.4 Å². The number of Topliss-reactive ketones (excluding diaryl/α,β-unsaturated/α-hetero) is 1. The third-order valence-electron chi connectivity index (χ3n) is 6.80. The molecule has 0 aromatic heterocycles. The molecule has 32 heavy (non-hydrogen) atoms. The zero-order chi connectivity index (χ0) is 22.2. The first-order valence-electron chi connectivity index (χ1n) is 10.9. The van der Waals surface area contributed by atoms with Crippen LogP contribution in [0.2, 0.25) is 0 Å². The Hall–Kier alpha value is -3.54. The predicted octanol–water partition coefficient (Wildman–Crippen LogP) is 2.83. The van der Waals surface area contributed by atoms with Crippen molar-refractivity contribution in [2.75, 3.05) is 6.61 Å².